The number of carbonyl (C=O) groups excluding carboxylic acids is 1. The lowest BCUT2D eigenvalue weighted by molar-refractivity contribution is -0.120. The summed E-state index contributed by atoms with van der Waals surface area (Å²) in [5.41, 5.74) is 2.41. The van der Waals surface area contributed by atoms with E-state index in [0.29, 0.717) is 15.7 Å². The third-order valence-corrected chi connectivity index (χ3v) is 8.98. The van der Waals surface area contributed by atoms with E-state index in [-0.39, 0.29) is 10.9 Å². The Morgan fingerprint density at radius 2 is 1.65 bits per heavy atom. The summed E-state index contributed by atoms with van der Waals surface area (Å²) in [4.78, 5) is 15.5. The van der Waals surface area contributed by atoms with Crippen molar-refractivity contribution in [2.24, 2.45) is 5.92 Å². The molecule has 1 heterocycles. The number of benzene rings is 3. The predicted octanol–water partition coefficient (Wildman–Crippen LogP) is 6.30. The summed E-state index contributed by atoms with van der Waals surface area (Å²) in [5, 5.41) is 3.72. The van der Waals surface area contributed by atoms with Gasteiger partial charge >= 0.3 is 0 Å². The van der Waals surface area contributed by atoms with E-state index in [0.717, 1.165) is 28.9 Å². The van der Waals surface area contributed by atoms with Crippen molar-refractivity contribution >= 4 is 50.5 Å². The first-order chi connectivity index (χ1) is 17.6. The van der Waals surface area contributed by atoms with E-state index >= 15 is 0 Å². The van der Waals surface area contributed by atoms with Crippen molar-refractivity contribution in [3.8, 4) is 0 Å². The van der Waals surface area contributed by atoms with Gasteiger partial charge in [0.1, 0.15) is 6.54 Å². The van der Waals surface area contributed by atoms with Gasteiger partial charge in [0.25, 0.3) is 10.0 Å². The molecule has 0 aromatic heterocycles. The molecule has 1 unspecified atom stereocenters. The summed E-state index contributed by atoms with van der Waals surface area (Å²) in [6.45, 7) is 5.87. The van der Waals surface area contributed by atoms with Gasteiger partial charge in [-0.2, -0.15) is 0 Å². The molecule has 6 nitrogen and oxygen atoms in total. The fraction of sp³-hybridized carbons (Fsp3) is 0.321. The lowest BCUT2D eigenvalue weighted by Gasteiger charge is -2.32. The average molecular weight is 561 g/mol. The Hall–Kier alpha value is -2.74. The van der Waals surface area contributed by atoms with E-state index in [1.807, 2.05) is 19.1 Å². The summed E-state index contributed by atoms with van der Waals surface area (Å²) in [7, 11) is -4.06. The number of hydrogen-bond acceptors (Lipinski definition) is 4. The van der Waals surface area contributed by atoms with Crippen LogP contribution >= 0.6 is 23.2 Å². The highest BCUT2D eigenvalue weighted by molar-refractivity contribution is 7.92. The number of nitrogens with one attached hydrogen (secondary N) is 1. The van der Waals surface area contributed by atoms with Crippen molar-refractivity contribution in [3.63, 3.8) is 0 Å². The van der Waals surface area contributed by atoms with Crippen molar-refractivity contribution in [2.45, 2.75) is 37.6 Å². The van der Waals surface area contributed by atoms with Gasteiger partial charge in [0.05, 0.1) is 16.6 Å². The van der Waals surface area contributed by atoms with Crippen LogP contribution in [-0.2, 0) is 14.8 Å². The normalized spacial score (nSPS) is 15.3. The summed E-state index contributed by atoms with van der Waals surface area (Å²) in [6.07, 6.45) is 2.38. The third-order valence-electron chi connectivity index (χ3n) is 6.70. The van der Waals surface area contributed by atoms with Crippen LogP contribution in [0, 0.1) is 5.92 Å². The highest BCUT2D eigenvalue weighted by Crippen LogP contribution is 2.28. The largest absolute Gasteiger partial charge is 0.372 e. The van der Waals surface area contributed by atoms with Crippen LogP contribution < -0.4 is 14.5 Å². The molecular formula is C28H31Cl2N3O3S. The van der Waals surface area contributed by atoms with Crippen molar-refractivity contribution in [1.82, 2.24) is 5.32 Å². The topological polar surface area (TPSA) is 69.7 Å². The van der Waals surface area contributed by atoms with Crippen LogP contribution in [0.15, 0.2) is 77.7 Å². The SMILES string of the molecule is CC1CCN(c2ccc(C(C)NC(=O)CN(c3cccc(Cl)c3)S(=O)(=O)c3ccc(Cl)cc3)cc2)CC1. The van der Waals surface area contributed by atoms with Gasteiger partial charge in [0.2, 0.25) is 5.91 Å². The first-order valence-electron chi connectivity index (χ1n) is 12.3. The van der Waals surface area contributed by atoms with Gasteiger partial charge in [-0.25, -0.2) is 8.42 Å². The van der Waals surface area contributed by atoms with Crippen molar-refractivity contribution in [2.75, 3.05) is 28.8 Å². The van der Waals surface area contributed by atoms with Crippen LogP contribution in [0.3, 0.4) is 0 Å². The molecule has 1 atom stereocenters. The molecular weight excluding hydrogens is 529 g/mol. The summed E-state index contributed by atoms with van der Waals surface area (Å²) in [6, 6.07) is 20.1. The molecule has 1 N–H and O–H groups in total. The second-order valence-electron chi connectivity index (χ2n) is 9.50. The van der Waals surface area contributed by atoms with E-state index < -0.39 is 22.5 Å². The number of carbonyl (C=O) groups is 1. The molecule has 3 aromatic rings. The quantitative estimate of drug-likeness (QED) is 0.351. The number of nitrogens with zero attached hydrogens (tertiary/aromatic N) is 2. The Morgan fingerprint density at radius 3 is 2.27 bits per heavy atom. The Balaban J connectivity index is 1.49. The molecule has 1 fully saturated rings. The van der Waals surface area contributed by atoms with Crippen LogP contribution in [0.5, 0.6) is 0 Å². The second-order valence-corrected chi connectivity index (χ2v) is 12.2. The molecule has 4 rings (SSSR count). The van der Waals surface area contributed by atoms with Gasteiger partial charge in [-0.15, -0.1) is 0 Å². The molecule has 1 aliphatic heterocycles. The minimum Gasteiger partial charge on any atom is -0.372 e. The van der Waals surface area contributed by atoms with Crippen LogP contribution in [0.4, 0.5) is 11.4 Å². The van der Waals surface area contributed by atoms with E-state index in [2.05, 4.69) is 29.3 Å². The van der Waals surface area contributed by atoms with Gasteiger partial charge < -0.3 is 10.2 Å². The zero-order chi connectivity index (χ0) is 26.6. The molecule has 0 radical (unpaired) electrons. The predicted molar refractivity (Wildman–Crippen MR) is 151 cm³/mol. The third kappa shape index (κ3) is 6.78. The molecule has 9 heteroatoms. The van der Waals surface area contributed by atoms with E-state index in [9.17, 15) is 13.2 Å². The Labute approximate surface area is 229 Å². The summed E-state index contributed by atoms with van der Waals surface area (Å²) < 4.78 is 28.1. The standard InChI is InChI=1S/C28H31Cl2N3O3S/c1-20-14-16-32(17-15-20)25-10-6-22(7-11-25)21(2)31-28(34)19-33(26-5-3-4-24(30)18-26)37(35,36)27-12-8-23(29)9-13-27/h3-13,18,20-21H,14-17,19H2,1-2H3,(H,31,34). The maximum Gasteiger partial charge on any atom is 0.264 e. The second kappa shape index (κ2) is 11.8. The van der Waals surface area contributed by atoms with Crippen LogP contribution in [-0.4, -0.2) is 34.0 Å². The average Bonchev–Trinajstić information content (AvgIpc) is 2.88. The molecule has 3 aromatic carbocycles. The number of amides is 1. The van der Waals surface area contributed by atoms with Gasteiger partial charge in [0.15, 0.2) is 0 Å². The smallest absolute Gasteiger partial charge is 0.264 e. The number of halogens is 2. The zero-order valence-corrected chi connectivity index (χ0v) is 23.2. The Bertz CT molecular complexity index is 1320. The van der Waals surface area contributed by atoms with Gasteiger partial charge in [-0.05, 0) is 85.8 Å². The number of piperidine rings is 1. The summed E-state index contributed by atoms with van der Waals surface area (Å²) in [5.74, 6) is 0.333. The molecule has 1 saturated heterocycles. The highest BCUT2D eigenvalue weighted by Gasteiger charge is 2.28. The molecule has 196 valence electrons. The molecule has 37 heavy (non-hydrogen) atoms. The molecule has 0 spiro atoms. The van der Waals surface area contributed by atoms with Crippen molar-refractivity contribution in [3.05, 3.63) is 88.4 Å². The van der Waals surface area contributed by atoms with Crippen LogP contribution in [0.2, 0.25) is 10.0 Å². The minimum atomic E-state index is -4.06. The first-order valence-corrected chi connectivity index (χ1v) is 14.5. The summed E-state index contributed by atoms with van der Waals surface area (Å²) >= 11 is 12.1. The lowest BCUT2D eigenvalue weighted by Crippen LogP contribution is -2.41. The number of rotatable bonds is 8. The van der Waals surface area contributed by atoms with E-state index in [1.54, 1.807) is 18.2 Å². The zero-order valence-electron chi connectivity index (χ0n) is 20.9. The number of sulfonamides is 1. The Morgan fingerprint density at radius 1 is 1.00 bits per heavy atom. The van der Waals surface area contributed by atoms with E-state index in [4.69, 9.17) is 23.2 Å². The van der Waals surface area contributed by atoms with Gasteiger partial charge in [-0.1, -0.05) is 48.3 Å². The van der Waals surface area contributed by atoms with Gasteiger partial charge in [0, 0.05) is 28.8 Å². The lowest BCUT2D eigenvalue weighted by atomic mass is 9.98. The van der Waals surface area contributed by atoms with Crippen molar-refractivity contribution in [1.29, 1.82) is 0 Å². The van der Waals surface area contributed by atoms with Crippen LogP contribution in [0.25, 0.3) is 0 Å². The number of hydrogen-bond donors (Lipinski definition) is 1. The van der Waals surface area contributed by atoms with Gasteiger partial charge in [-0.3, -0.25) is 9.10 Å². The first kappa shape index (κ1) is 27.3. The maximum absolute atomic E-state index is 13.5. The van der Waals surface area contributed by atoms with Crippen molar-refractivity contribution < 1.29 is 13.2 Å². The fourth-order valence-electron chi connectivity index (χ4n) is 4.42. The fourth-order valence-corrected chi connectivity index (χ4v) is 6.14. The highest BCUT2D eigenvalue weighted by atomic mass is 35.5. The molecule has 0 saturated carbocycles. The molecule has 0 aliphatic carbocycles. The maximum atomic E-state index is 13.5. The van der Waals surface area contributed by atoms with E-state index in [1.165, 1.54) is 48.9 Å². The number of anilines is 2. The molecule has 1 aliphatic rings. The molecule has 1 amide bonds. The minimum absolute atomic E-state index is 0.0282. The van der Waals surface area contributed by atoms with Crippen LogP contribution in [0.1, 0.15) is 38.3 Å². The Kier molecular flexibility index (Phi) is 8.67. The molecule has 0 bridgehead atoms. The monoisotopic (exact) mass is 559 g/mol.